The molecule has 0 fully saturated rings. The predicted octanol–water partition coefficient (Wildman–Crippen LogP) is 3.36. The van der Waals surface area contributed by atoms with Crippen LogP contribution < -0.4 is 0 Å². The fourth-order valence-corrected chi connectivity index (χ4v) is 2.24. The zero-order chi connectivity index (χ0) is 16.3. The lowest BCUT2D eigenvalue weighted by atomic mass is 10.3. The quantitative estimate of drug-likeness (QED) is 0.488. The number of hydrogen-bond acceptors (Lipinski definition) is 5. The van der Waals surface area contributed by atoms with E-state index >= 15 is 0 Å². The highest BCUT2D eigenvalue weighted by Gasteiger charge is 2.22. The molecule has 0 aliphatic rings. The lowest BCUT2D eigenvalue weighted by Crippen LogP contribution is -2.05. The Bertz CT molecular complexity index is 684. The summed E-state index contributed by atoms with van der Waals surface area (Å²) in [6.45, 7) is 1.81. The van der Waals surface area contributed by atoms with E-state index in [0.29, 0.717) is 11.8 Å². The molecule has 116 valence electrons. The van der Waals surface area contributed by atoms with Gasteiger partial charge in [0.1, 0.15) is 5.03 Å². The molecule has 0 radical (unpaired) electrons. The van der Waals surface area contributed by atoms with Gasteiger partial charge >= 0.3 is 5.97 Å². The van der Waals surface area contributed by atoms with Crippen LogP contribution in [0.5, 0.6) is 0 Å². The van der Waals surface area contributed by atoms with Crippen LogP contribution in [0.25, 0.3) is 0 Å². The second kappa shape index (κ2) is 6.73. The van der Waals surface area contributed by atoms with Gasteiger partial charge in [0, 0.05) is 6.20 Å². The maximum atomic E-state index is 13.5. The Morgan fingerprint density at radius 2 is 1.82 bits per heavy atom. The molecule has 0 saturated carbocycles. The van der Waals surface area contributed by atoms with E-state index in [9.17, 15) is 22.4 Å². The van der Waals surface area contributed by atoms with Gasteiger partial charge in [-0.1, -0.05) is 11.8 Å². The number of pyridine rings is 2. The third-order valence-electron chi connectivity index (χ3n) is 2.41. The molecule has 2 aromatic heterocycles. The summed E-state index contributed by atoms with van der Waals surface area (Å²) in [4.78, 5) is 16.8. The van der Waals surface area contributed by atoms with E-state index in [1.807, 2.05) is 0 Å². The predicted molar refractivity (Wildman–Crippen MR) is 68.4 cm³/mol. The molecule has 22 heavy (non-hydrogen) atoms. The lowest BCUT2D eigenvalue weighted by molar-refractivity contribution is 0.0525. The number of nitrogens with zero attached hydrogens (tertiary/aromatic N) is 2. The highest BCUT2D eigenvalue weighted by atomic mass is 32.2. The number of halogens is 4. The summed E-state index contributed by atoms with van der Waals surface area (Å²) < 4.78 is 57.7. The van der Waals surface area contributed by atoms with Gasteiger partial charge in [-0.15, -0.1) is 0 Å². The summed E-state index contributed by atoms with van der Waals surface area (Å²) in [5.74, 6) is -7.32. The molecule has 0 saturated heterocycles. The molecule has 2 aromatic rings. The summed E-state index contributed by atoms with van der Waals surface area (Å²) in [7, 11) is 0. The van der Waals surface area contributed by atoms with Crippen molar-refractivity contribution in [2.75, 3.05) is 6.61 Å². The third-order valence-corrected chi connectivity index (χ3v) is 3.42. The number of hydrogen-bond donors (Lipinski definition) is 0. The number of esters is 1. The highest BCUT2D eigenvalue weighted by molar-refractivity contribution is 7.99. The van der Waals surface area contributed by atoms with Crippen LogP contribution in [0.1, 0.15) is 17.3 Å². The Balaban J connectivity index is 2.27. The Hall–Kier alpha value is -2.16. The van der Waals surface area contributed by atoms with E-state index in [1.54, 1.807) is 6.92 Å². The summed E-state index contributed by atoms with van der Waals surface area (Å²) in [5.41, 5.74) is 0.138. The highest BCUT2D eigenvalue weighted by Crippen LogP contribution is 2.32. The van der Waals surface area contributed by atoms with Gasteiger partial charge in [0.15, 0.2) is 11.6 Å². The molecule has 2 heterocycles. The summed E-state index contributed by atoms with van der Waals surface area (Å²) in [6, 6.07) is 2.59. The van der Waals surface area contributed by atoms with Crippen molar-refractivity contribution < 1.29 is 27.1 Å². The molecule has 9 heteroatoms. The van der Waals surface area contributed by atoms with Crippen LogP contribution in [0.15, 0.2) is 28.3 Å². The fourth-order valence-electron chi connectivity index (χ4n) is 1.44. The second-order valence-electron chi connectivity index (χ2n) is 3.86. The van der Waals surface area contributed by atoms with Gasteiger partial charge < -0.3 is 4.74 Å². The average Bonchev–Trinajstić information content (AvgIpc) is 2.50. The molecule has 4 nitrogen and oxygen atoms in total. The molecule has 0 bridgehead atoms. The van der Waals surface area contributed by atoms with Gasteiger partial charge in [-0.25, -0.2) is 18.6 Å². The van der Waals surface area contributed by atoms with E-state index in [-0.39, 0.29) is 17.2 Å². The Morgan fingerprint density at radius 1 is 1.18 bits per heavy atom. The summed E-state index contributed by atoms with van der Waals surface area (Å²) in [6.07, 6.45) is 1.13. The van der Waals surface area contributed by atoms with Crippen LogP contribution in [0.2, 0.25) is 0 Å². The fraction of sp³-hybridized carbons (Fsp3) is 0.154. The van der Waals surface area contributed by atoms with Gasteiger partial charge in [-0.05, 0) is 19.1 Å². The van der Waals surface area contributed by atoms with Crippen LogP contribution in [-0.2, 0) is 4.74 Å². The van der Waals surface area contributed by atoms with E-state index in [0.717, 1.165) is 6.20 Å². The monoisotopic (exact) mass is 332 g/mol. The number of aromatic nitrogens is 2. The standard InChI is InChI=1S/C13H8F4N2O2S/c1-2-21-13(20)6-3-4-7(18-5-6)22-10-8(14)11(16)19-12(17)9(10)15/h3-5H,2H2,1H3. The molecule has 0 N–H and O–H groups in total. The lowest BCUT2D eigenvalue weighted by Gasteiger charge is -2.06. The van der Waals surface area contributed by atoms with Gasteiger partial charge in [0.25, 0.3) is 11.9 Å². The molecule has 0 spiro atoms. The van der Waals surface area contributed by atoms with Gasteiger partial charge in [-0.2, -0.15) is 13.8 Å². The maximum Gasteiger partial charge on any atom is 0.339 e. The van der Waals surface area contributed by atoms with Crippen LogP contribution >= 0.6 is 11.8 Å². The first-order chi connectivity index (χ1) is 10.4. The van der Waals surface area contributed by atoms with Crippen molar-refractivity contribution in [1.82, 2.24) is 9.97 Å². The SMILES string of the molecule is CCOC(=O)c1ccc(Sc2c(F)c(F)nc(F)c2F)nc1. The van der Waals surface area contributed by atoms with E-state index in [2.05, 4.69) is 9.97 Å². The first-order valence-corrected chi connectivity index (χ1v) is 6.76. The molecular weight excluding hydrogens is 324 g/mol. The molecule has 0 aliphatic heterocycles. The smallest absolute Gasteiger partial charge is 0.339 e. The van der Waals surface area contributed by atoms with E-state index in [1.165, 1.54) is 12.1 Å². The minimum Gasteiger partial charge on any atom is -0.462 e. The van der Waals surface area contributed by atoms with E-state index in [4.69, 9.17) is 4.74 Å². The minimum absolute atomic E-state index is 0.0378. The Labute approximate surface area is 126 Å². The maximum absolute atomic E-state index is 13.5. The molecule has 0 atom stereocenters. The molecule has 0 unspecified atom stereocenters. The molecular formula is C13H8F4N2O2S. The van der Waals surface area contributed by atoms with Crippen LogP contribution in [0.4, 0.5) is 17.6 Å². The number of rotatable bonds is 4. The van der Waals surface area contributed by atoms with Crippen LogP contribution in [-0.4, -0.2) is 22.5 Å². The largest absolute Gasteiger partial charge is 0.462 e. The van der Waals surface area contributed by atoms with Crippen molar-refractivity contribution in [2.45, 2.75) is 16.8 Å². The van der Waals surface area contributed by atoms with Crippen LogP contribution in [0, 0.1) is 23.5 Å². The molecule has 0 aromatic carbocycles. The van der Waals surface area contributed by atoms with Gasteiger partial charge in [0.2, 0.25) is 0 Å². The number of carbonyl (C=O) groups is 1. The van der Waals surface area contributed by atoms with Crippen molar-refractivity contribution in [1.29, 1.82) is 0 Å². The summed E-state index contributed by atoms with van der Waals surface area (Å²) >= 11 is 0.370. The molecule has 0 aliphatic carbocycles. The van der Waals surface area contributed by atoms with Crippen molar-refractivity contribution in [3.63, 3.8) is 0 Å². The number of ether oxygens (including phenoxy) is 1. The van der Waals surface area contributed by atoms with E-state index < -0.39 is 34.4 Å². The van der Waals surface area contributed by atoms with Crippen molar-refractivity contribution in [3.8, 4) is 0 Å². The van der Waals surface area contributed by atoms with Crippen molar-refractivity contribution in [2.24, 2.45) is 0 Å². The Kier molecular flexibility index (Phi) is 4.96. The minimum atomic E-state index is -1.75. The van der Waals surface area contributed by atoms with Gasteiger partial charge in [-0.3, -0.25) is 0 Å². The normalized spacial score (nSPS) is 10.6. The zero-order valence-corrected chi connectivity index (χ0v) is 11.9. The number of carbonyl (C=O) groups excluding carboxylic acids is 1. The first-order valence-electron chi connectivity index (χ1n) is 5.95. The topological polar surface area (TPSA) is 52.1 Å². The van der Waals surface area contributed by atoms with Crippen molar-refractivity contribution >= 4 is 17.7 Å². The van der Waals surface area contributed by atoms with Gasteiger partial charge in [0.05, 0.1) is 17.1 Å². The second-order valence-corrected chi connectivity index (χ2v) is 4.89. The average molecular weight is 332 g/mol. The molecule has 0 amide bonds. The third kappa shape index (κ3) is 3.35. The summed E-state index contributed by atoms with van der Waals surface area (Å²) in [5, 5.41) is 0.0378. The molecule has 2 rings (SSSR count). The zero-order valence-electron chi connectivity index (χ0n) is 11.1. The first kappa shape index (κ1) is 16.2. The Morgan fingerprint density at radius 3 is 2.32 bits per heavy atom. The van der Waals surface area contributed by atoms with Crippen LogP contribution in [0.3, 0.4) is 0 Å². The van der Waals surface area contributed by atoms with Crippen molar-refractivity contribution in [3.05, 3.63) is 47.4 Å².